The maximum Gasteiger partial charge on any atom is 0.337 e. The molecule has 1 saturated carbocycles. The van der Waals surface area contributed by atoms with Crippen LogP contribution in [0.15, 0.2) is 11.8 Å². The van der Waals surface area contributed by atoms with Crippen LogP contribution in [0.5, 0.6) is 0 Å². The molecular formula is C19H28O12. The van der Waals surface area contributed by atoms with Crippen molar-refractivity contribution in [3.05, 3.63) is 11.8 Å². The first-order valence-corrected chi connectivity index (χ1v) is 9.81. The molecule has 5 N–H and O–H groups in total. The summed E-state index contributed by atoms with van der Waals surface area (Å²) in [5.74, 6) is -3.18. The van der Waals surface area contributed by atoms with E-state index in [4.69, 9.17) is 23.7 Å². The zero-order chi connectivity index (χ0) is 23.1. The van der Waals surface area contributed by atoms with Crippen molar-refractivity contribution in [3.8, 4) is 0 Å². The van der Waals surface area contributed by atoms with E-state index < -0.39 is 79.1 Å². The van der Waals surface area contributed by atoms with E-state index in [1.807, 2.05) is 0 Å². The van der Waals surface area contributed by atoms with Crippen LogP contribution in [-0.2, 0) is 33.3 Å². The molecule has 3 aliphatic rings. The third-order valence-electron chi connectivity index (χ3n) is 6.02. The van der Waals surface area contributed by atoms with E-state index >= 15 is 0 Å². The van der Waals surface area contributed by atoms with Crippen molar-refractivity contribution in [2.75, 3.05) is 13.7 Å². The van der Waals surface area contributed by atoms with Crippen LogP contribution in [0.2, 0.25) is 0 Å². The smallest absolute Gasteiger partial charge is 0.337 e. The highest BCUT2D eigenvalue weighted by Gasteiger charge is 2.61. The molecule has 31 heavy (non-hydrogen) atoms. The number of carbonyl (C=O) groups is 2. The summed E-state index contributed by atoms with van der Waals surface area (Å²) < 4.78 is 26.8. The number of hydrogen-bond acceptors (Lipinski definition) is 12. The van der Waals surface area contributed by atoms with E-state index in [0.29, 0.717) is 0 Å². The van der Waals surface area contributed by atoms with E-state index in [-0.39, 0.29) is 12.0 Å². The molecule has 1 saturated heterocycles. The van der Waals surface area contributed by atoms with Gasteiger partial charge in [-0.1, -0.05) is 0 Å². The molecule has 0 aromatic rings. The molecule has 0 radical (unpaired) electrons. The first kappa shape index (κ1) is 23.9. The van der Waals surface area contributed by atoms with Gasteiger partial charge in [0.2, 0.25) is 6.29 Å². The van der Waals surface area contributed by atoms with Crippen LogP contribution >= 0.6 is 0 Å². The lowest BCUT2D eigenvalue weighted by atomic mass is 9.80. The summed E-state index contributed by atoms with van der Waals surface area (Å²) in [5, 5.41) is 50.3. The van der Waals surface area contributed by atoms with Gasteiger partial charge in [0.25, 0.3) is 0 Å². The second-order valence-corrected chi connectivity index (χ2v) is 8.13. The minimum Gasteiger partial charge on any atom is -0.471 e. The highest BCUT2D eigenvalue weighted by atomic mass is 16.8. The van der Waals surface area contributed by atoms with Crippen LogP contribution in [0.3, 0.4) is 0 Å². The minimum absolute atomic E-state index is 0.0181. The zero-order valence-corrected chi connectivity index (χ0v) is 17.3. The Bertz CT molecular complexity index is 723. The van der Waals surface area contributed by atoms with Gasteiger partial charge in [0, 0.05) is 19.3 Å². The minimum atomic E-state index is -1.70. The Morgan fingerprint density at radius 2 is 1.84 bits per heavy atom. The summed E-state index contributed by atoms with van der Waals surface area (Å²) >= 11 is 0. The summed E-state index contributed by atoms with van der Waals surface area (Å²) in [5.41, 5.74) is -1.30. The van der Waals surface area contributed by atoms with Crippen molar-refractivity contribution < 1.29 is 58.8 Å². The Balaban J connectivity index is 1.93. The molecule has 0 amide bonds. The molecule has 3 rings (SSSR count). The van der Waals surface area contributed by atoms with Crippen LogP contribution in [0, 0.1) is 11.8 Å². The second kappa shape index (κ2) is 8.98. The van der Waals surface area contributed by atoms with Crippen LogP contribution in [0.4, 0.5) is 0 Å². The second-order valence-electron chi connectivity index (χ2n) is 8.13. The lowest BCUT2D eigenvalue weighted by Gasteiger charge is -2.44. The number of rotatable bonds is 5. The molecule has 0 bridgehead atoms. The standard InChI is InChI=1S/C19H28O12/c1-7(21)31-19(2)4-9(22)11-8(16(26)27-3)6-28-17(12(11)19)30-18-15(25)14(24)13(23)10(5-20)29-18/h6,9-15,17-18,20,22-25H,4-5H2,1-3H3/t9-,10-,11-,12-,13-,14+,15-,17-,18+,19-/m0/s1. The molecule has 12 nitrogen and oxygen atoms in total. The molecule has 12 heteroatoms. The van der Waals surface area contributed by atoms with Gasteiger partial charge in [-0.25, -0.2) is 4.79 Å². The molecule has 176 valence electrons. The van der Waals surface area contributed by atoms with E-state index in [9.17, 15) is 35.1 Å². The Labute approximate surface area is 177 Å². The molecule has 2 aliphatic heterocycles. The predicted molar refractivity (Wildman–Crippen MR) is 97.6 cm³/mol. The highest BCUT2D eigenvalue weighted by molar-refractivity contribution is 5.89. The maximum atomic E-state index is 12.2. The third-order valence-corrected chi connectivity index (χ3v) is 6.02. The van der Waals surface area contributed by atoms with Gasteiger partial charge < -0.3 is 49.2 Å². The quantitative estimate of drug-likeness (QED) is 0.280. The summed E-state index contributed by atoms with van der Waals surface area (Å²) in [6.07, 6.45) is -9.07. The van der Waals surface area contributed by atoms with E-state index in [2.05, 4.69) is 0 Å². The molecule has 0 unspecified atom stereocenters. The van der Waals surface area contributed by atoms with Crippen LogP contribution in [0.25, 0.3) is 0 Å². The van der Waals surface area contributed by atoms with Crippen molar-refractivity contribution in [1.82, 2.24) is 0 Å². The average molecular weight is 448 g/mol. The Kier molecular flexibility index (Phi) is 6.91. The number of esters is 2. The number of aliphatic hydroxyl groups is 5. The van der Waals surface area contributed by atoms with Gasteiger partial charge in [0.15, 0.2) is 6.29 Å². The molecule has 10 atom stereocenters. The topological polar surface area (TPSA) is 181 Å². The van der Waals surface area contributed by atoms with Gasteiger partial charge in [-0.3, -0.25) is 4.79 Å². The Morgan fingerprint density at radius 3 is 2.42 bits per heavy atom. The molecule has 0 spiro atoms. The fourth-order valence-corrected chi connectivity index (χ4v) is 4.63. The number of carbonyl (C=O) groups excluding carboxylic acids is 2. The first-order chi connectivity index (χ1) is 14.5. The fourth-order valence-electron chi connectivity index (χ4n) is 4.63. The van der Waals surface area contributed by atoms with Crippen LogP contribution in [-0.4, -0.2) is 99.9 Å². The largest absolute Gasteiger partial charge is 0.471 e. The van der Waals surface area contributed by atoms with E-state index in [1.54, 1.807) is 6.92 Å². The van der Waals surface area contributed by atoms with E-state index in [1.165, 1.54) is 14.0 Å². The number of aliphatic hydroxyl groups excluding tert-OH is 5. The Morgan fingerprint density at radius 1 is 1.16 bits per heavy atom. The summed E-state index contributed by atoms with van der Waals surface area (Å²) in [6.45, 7) is 2.09. The van der Waals surface area contributed by atoms with Crippen molar-refractivity contribution in [3.63, 3.8) is 0 Å². The number of methoxy groups -OCH3 is 1. The lowest BCUT2D eigenvalue weighted by Crippen LogP contribution is -2.61. The number of ether oxygens (including phenoxy) is 5. The van der Waals surface area contributed by atoms with Crippen molar-refractivity contribution >= 4 is 11.9 Å². The van der Waals surface area contributed by atoms with Gasteiger partial charge in [-0.05, 0) is 6.92 Å². The van der Waals surface area contributed by atoms with Gasteiger partial charge in [0.1, 0.15) is 30.0 Å². The first-order valence-electron chi connectivity index (χ1n) is 9.81. The molecule has 0 aromatic carbocycles. The normalized spacial score (nSPS) is 44.6. The summed E-state index contributed by atoms with van der Waals surface area (Å²) in [6, 6.07) is 0. The van der Waals surface area contributed by atoms with Crippen LogP contribution in [0.1, 0.15) is 20.3 Å². The zero-order valence-electron chi connectivity index (χ0n) is 17.3. The fraction of sp³-hybridized carbons (Fsp3) is 0.789. The highest BCUT2D eigenvalue weighted by Crippen LogP contribution is 2.51. The monoisotopic (exact) mass is 448 g/mol. The average Bonchev–Trinajstić information content (AvgIpc) is 2.98. The number of fused-ring (bicyclic) bond motifs is 1. The van der Waals surface area contributed by atoms with Crippen molar-refractivity contribution in [2.24, 2.45) is 11.8 Å². The maximum absolute atomic E-state index is 12.2. The lowest BCUT2D eigenvalue weighted by molar-refractivity contribution is -0.346. The summed E-state index contributed by atoms with van der Waals surface area (Å²) in [7, 11) is 1.17. The molecule has 2 heterocycles. The van der Waals surface area contributed by atoms with E-state index in [0.717, 1.165) is 6.26 Å². The van der Waals surface area contributed by atoms with Crippen molar-refractivity contribution in [1.29, 1.82) is 0 Å². The molecule has 0 aromatic heterocycles. The summed E-state index contributed by atoms with van der Waals surface area (Å²) in [4.78, 5) is 23.9. The van der Waals surface area contributed by atoms with Gasteiger partial charge in [0.05, 0.1) is 37.6 Å². The van der Waals surface area contributed by atoms with Gasteiger partial charge in [-0.2, -0.15) is 0 Å². The van der Waals surface area contributed by atoms with Crippen LogP contribution < -0.4 is 0 Å². The molecule has 2 fully saturated rings. The Hall–Kier alpha value is -1.80. The molecular weight excluding hydrogens is 420 g/mol. The van der Waals surface area contributed by atoms with Gasteiger partial charge in [-0.15, -0.1) is 0 Å². The van der Waals surface area contributed by atoms with Crippen molar-refractivity contribution in [2.45, 2.75) is 69.0 Å². The third kappa shape index (κ3) is 4.29. The molecule has 1 aliphatic carbocycles. The SMILES string of the molecule is COC(=O)C1=CO[C@@H](O[C@H]2O[C@@H](CO)[C@H](O)[C@@H](O)[C@@H]2O)[C@@H]2[C@@H]1[C@@H](O)C[C@]2(C)OC(C)=O. The predicted octanol–water partition coefficient (Wildman–Crippen LogP) is -2.47. The number of hydrogen-bond donors (Lipinski definition) is 5. The van der Waals surface area contributed by atoms with Gasteiger partial charge >= 0.3 is 11.9 Å².